The first-order valence-electron chi connectivity index (χ1n) is 9.34. The fourth-order valence-corrected chi connectivity index (χ4v) is 4.64. The molecule has 0 aliphatic carbocycles. The van der Waals surface area contributed by atoms with Crippen molar-refractivity contribution in [3.05, 3.63) is 29.7 Å². The van der Waals surface area contributed by atoms with E-state index in [1.165, 1.54) is 22.7 Å². The first-order chi connectivity index (χ1) is 13.3. The molecular formula is C18H27N5O4S. The average Bonchev–Trinajstić information content (AvgIpc) is 2.99. The van der Waals surface area contributed by atoms with Crippen LogP contribution in [0.2, 0.25) is 0 Å². The Kier molecular flexibility index (Phi) is 5.92. The number of fused-ring (bicyclic) bond motifs is 1. The Labute approximate surface area is 165 Å². The van der Waals surface area contributed by atoms with Gasteiger partial charge in [0, 0.05) is 39.4 Å². The van der Waals surface area contributed by atoms with Crippen LogP contribution in [0.3, 0.4) is 0 Å². The molecule has 0 spiro atoms. The summed E-state index contributed by atoms with van der Waals surface area (Å²) in [5.41, 5.74) is 1.62. The van der Waals surface area contributed by atoms with Gasteiger partial charge in [-0.2, -0.15) is 17.0 Å². The van der Waals surface area contributed by atoms with Gasteiger partial charge < -0.3 is 10.1 Å². The molecule has 3 heterocycles. The summed E-state index contributed by atoms with van der Waals surface area (Å²) in [4.78, 5) is 17.5. The summed E-state index contributed by atoms with van der Waals surface area (Å²) in [6.45, 7) is 4.89. The number of pyridine rings is 1. The largest absolute Gasteiger partial charge is 0.490 e. The zero-order valence-corrected chi connectivity index (χ0v) is 17.5. The fourth-order valence-electron chi connectivity index (χ4n) is 3.45. The lowest BCUT2D eigenvalue weighted by Gasteiger charge is -2.33. The van der Waals surface area contributed by atoms with Crippen molar-refractivity contribution in [3.63, 3.8) is 0 Å². The molecule has 1 atom stereocenters. The molecule has 1 aliphatic heterocycles. The number of nitrogens with one attached hydrogen (secondary N) is 1. The Morgan fingerprint density at radius 3 is 2.86 bits per heavy atom. The zero-order chi connectivity index (χ0) is 20.5. The number of ether oxygens (including phenoxy) is 1. The molecular weight excluding hydrogens is 382 g/mol. The molecule has 0 aromatic carbocycles. The first kappa shape index (κ1) is 20.6. The van der Waals surface area contributed by atoms with Gasteiger partial charge >= 0.3 is 0 Å². The van der Waals surface area contributed by atoms with Gasteiger partial charge in [0.05, 0.1) is 12.3 Å². The third kappa shape index (κ3) is 3.85. The van der Waals surface area contributed by atoms with Gasteiger partial charge in [-0.15, -0.1) is 0 Å². The molecule has 28 heavy (non-hydrogen) atoms. The standard InChI is InChI=1S/C18H27N5O4S/c1-5-27-15-9-7-11-23-16(13(2)19-17(15)23)18(24)20-14-8-6-10-22(12-14)28(25,26)21(3)4/h7,9,11,14H,5-6,8,10,12H2,1-4H3,(H,20,24)/t14-/m0/s1. The minimum Gasteiger partial charge on any atom is -0.490 e. The Hall–Kier alpha value is -2.17. The van der Waals surface area contributed by atoms with E-state index >= 15 is 0 Å². The number of hydrogen-bond donors (Lipinski definition) is 1. The smallest absolute Gasteiger partial charge is 0.281 e. The maximum Gasteiger partial charge on any atom is 0.281 e. The summed E-state index contributed by atoms with van der Waals surface area (Å²) in [5.74, 6) is 0.348. The van der Waals surface area contributed by atoms with Crippen molar-refractivity contribution in [1.29, 1.82) is 0 Å². The Bertz CT molecular complexity index is 970. The van der Waals surface area contributed by atoms with Crippen LogP contribution in [0.25, 0.3) is 5.65 Å². The van der Waals surface area contributed by atoms with Crippen molar-refractivity contribution < 1.29 is 17.9 Å². The minimum absolute atomic E-state index is 0.254. The number of carbonyl (C=O) groups excluding carboxylic acids is 1. The fraction of sp³-hybridized carbons (Fsp3) is 0.556. The molecule has 2 aromatic rings. The second-order valence-electron chi connectivity index (χ2n) is 7.01. The highest BCUT2D eigenvalue weighted by Gasteiger charge is 2.32. The molecule has 1 fully saturated rings. The second-order valence-corrected chi connectivity index (χ2v) is 9.15. The van der Waals surface area contributed by atoms with Crippen LogP contribution >= 0.6 is 0 Å². The molecule has 0 saturated carbocycles. The molecule has 0 unspecified atom stereocenters. The highest BCUT2D eigenvalue weighted by Crippen LogP contribution is 2.23. The van der Waals surface area contributed by atoms with Gasteiger partial charge in [-0.05, 0) is 38.8 Å². The predicted octanol–water partition coefficient (Wildman–Crippen LogP) is 1.04. The normalized spacial score (nSPS) is 18.5. The predicted molar refractivity (Wildman–Crippen MR) is 106 cm³/mol. The maximum atomic E-state index is 13.0. The number of amides is 1. The highest BCUT2D eigenvalue weighted by molar-refractivity contribution is 7.86. The lowest BCUT2D eigenvalue weighted by atomic mass is 10.1. The summed E-state index contributed by atoms with van der Waals surface area (Å²) in [7, 11) is -0.478. The molecule has 9 nitrogen and oxygen atoms in total. The molecule has 2 aromatic heterocycles. The second kappa shape index (κ2) is 8.06. The lowest BCUT2D eigenvalue weighted by Crippen LogP contribution is -2.52. The summed E-state index contributed by atoms with van der Waals surface area (Å²) in [6.07, 6.45) is 3.19. The van der Waals surface area contributed by atoms with E-state index in [-0.39, 0.29) is 18.5 Å². The van der Waals surface area contributed by atoms with E-state index in [1.54, 1.807) is 17.5 Å². The summed E-state index contributed by atoms with van der Waals surface area (Å²) < 4.78 is 34.7. The van der Waals surface area contributed by atoms with Crippen LogP contribution in [0, 0.1) is 6.92 Å². The SMILES string of the molecule is CCOc1cccn2c(C(=O)N[C@H]3CCCN(S(=O)(=O)N(C)C)C3)c(C)nc12. The van der Waals surface area contributed by atoms with E-state index in [1.807, 2.05) is 19.1 Å². The maximum absolute atomic E-state index is 13.0. The highest BCUT2D eigenvalue weighted by atomic mass is 32.2. The third-order valence-corrected chi connectivity index (χ3v) is 6.72. The average molecular weight is 410 g/mol. The molecule has 0 radical (unpaired) electrons. The van der Waals surface area contributed by atoms with Gasteiger partial charge in [0.15, 0.2) is 11.4 Å². The van der Waals surface area contributed by atoms with E-state index in [4.69, 9.17) is 4.74 Å². The summed E-state index contributed by atoms with van der Waals surface area (Å²) in [6, 6.07) is 3.37. The monoisotopic (exact) mass is 409 g/mol. The van der Waals surface area contributed by atoms with E-state index < -0.39 is 10.2 Å². The van der Waals surface area contributed by atoms with Crippen LogP contribution in [0.4, 0.5) is 0 Å². The van der Waals surface area contributed by atoms with Gasteiger partial charge in [0.25, 0.3) is 16.1 Å². The topological polar surface area (TPSA) is 96.2 Å². The van der Waals surface area contributed by atoms with E-state index in [0.29, 0.717) is 42.4 Å². The van der Waals surface area contributed by atoms with Crippen LogP contribution < -0.4 is 10.1 Å². The summed E-state index contributed by atoms with van der Waals surface area (Å²) >= 11 is 0. The van der Waals surface area contributed by atoms with Crippen LogP contribution in [0.5, 0.6) is 5.75 Å². The van der Waals surface area contributed by atoms with E-state index in [9.17, 15) is 13.2 Å². The Balaban J connectivity index is 1.82. The molecule has 0 bridgehead atoms. The molecule has 1 N–H and O–H groups in total. The van der Waals surface area contributed by atoms with Crippen LogP contribution in [-0.4, -0.2) is 72.2 Å². The molecule has 1 aliphatic rings. The molecule has 10 heteroatoms. The van der Waals surface area contributed by atoms with Crippen molar-refractivity contribution in [2.75, 3.05) is 33.8 Å². The number of imidazole rings is 1. The van der Waals surface area contributed by atoms with E-state index in [0.717, 1.165) is 6.42 Å². The van der Waals surface area contributed by atoms with E-state index in [2.05, 4.69) is 10.3 Å². The van der Waals surface area contributed by atoms with Gasteiger partial charge in [0.2, 0.25) is 0 Å². The number of aryl methyl sites for hydroxylation is 1. The van der Waals surface area contributed by atoms with Crippen molar-refractivity contribution in [2.24, 2.45) is 0 Å². The quantitative estimate of drug-likeness (QED) is 0.769. The van der Waals surface area contributed by atoms with Gasteiger partial charge in [0.1, 0.15) is 5.69 Å². The van der Waals surface area contributed by atoms with Crippen LogP contribution in [0.1, 0.15) is 35.9 Å². The third-order valence-electron chi connectivity index (χ3n) is 4.81. The van der Waals surface area contributed by atoms with Crippen molar-refractivity contribution in [3.8, 4) is 5.75 Å². The van der Waals surface area contributed by atoms with Crippen molar-refractivity contribution >= 4 is 21.8 Å². The van der Waals surface area contributed by atoms with Gasteiger partial charge in [-0.1, -0.05) is 0 Å². The number of nitrogens with zero attached hydrogens (tertiary/aromatic N) is 4. The molecule has 1 amide bonds. The molecule has 154 valence electrons. The number of piperidine rings is 1. The van der Waals surface area contributed by atoms with Crippen molar-refractivity contribution in [1.82, 2.24) is 23.3 Å². The number of carbonyl (C=O) groups is 1. The summed E-state index contributed by atoms with van der Waals surface area (Å²) in [5, 5.41) is 2.98. The zero-order valence-electron chi connectivity index (χ0n) is 16.7. The Morgan fingerprint density at radius 2 is 2.18 bits per heavy atom. The Morgan fingerprint density at radius 1 is 1.43 bits per heavy atom. The van der Waals surface area contributed by atoms with Crippen molar-refractivity contribution in [2.45, 2.75) is 32.7 Å². The van der Waals surface area contributed by atoms with Crippen LogP contribution in [0.15, 0.2) is 18.3 Å². The number of aromatic nitrogens is 2. The molecule has 1 saturated heterocycles. The van der Waals surface area contributed by atoms with Gasteiger partial charge in [-0.3, -0.25) is 9.20 Å². The number of rotatable bonds is 6. The number of hydrogen-bond acceptors (Lipinski definition) is 5. The first-order valence-corrected chi connectivity index (χ1v) is 10.7. The lowest BCUT2D eigenvalue weighted by molar-refractivity contribution is 0.0914. The minimum atomic E-state index is -3.50. The van der Waals surface area contributed by atoms with Gasteiger partial charge in [-0.25, -0.2) is 4.98 Å². The van der Waals surface area contributed by atoms with Crippen LogP contribution in [-0.2, 0) is 10.2 Å². The molecule has 3 rings (SSSR count).